The summed E-state index contributed by atoms with van der Waals surface area (Å²) >= 11 is 1.55. The van der Waals surface area contributed by atoms with Gasteiger partial charge in [-0.3, -0.25) is 0 Å². The third-order valence-electron chi connectivity index (χ3n) is 7.34. The van der Waals surface area contributed by atoms with Crippen LogP contribution in [0.15, 0.2) is 23.4 Å². The number of aromatic nitrogens is 5. The van der Waals surface area contributed by atoms with Gasteiger partial charge >= 0.3 is 0 Å². The summed E-state index contributed by atoms with van der Waals surface area (Å²) in [6.07, 6.45) is 1.38. The zero-order valence-corrected chi connectivity index (χ0v) is 22.8. The number of aliphatic hydroxyl groups excluding tert-OH is 1. The van der Waals surface area contributed by atoms with Crippen molar-refractivity contribution in [3.63, 3.8) is 0 Å². The number of aliphatic hydroxyl groups is 1. The van der Waals surface area contributed by atoms with Gasteiger partial charge in [-0.25, -0.2) is 23.4 Å². The lowest BCUT2D eigenvalue weighted by molar-refractivity contribution is -0.171. The summed E-state index contributed by atoms with van der Waals surface area (Å²) in [5, 5.41) is 22.3. The Balaban J connectivity index is 1.31. The number of benzene rings is 1. The Kier molecular flexibility index (Phi) is 7.21. The van der Waals surface area contributed by atoms with Crippen molar-refractivity contribution in [3.05, 3.63) is 35.4 Å². The predicted octanol–water partition coefficient (Wildman–Crippen LogP) is 3.81. The molecular formula is C26H32F2N6O4S. The summed E-state index contributed by atoms with van der Waals surface area (Å²) in [6.45, 7) is 5.96. The molecule has 1 saturated heterocycles. The van der Waals surface area contributed by atoms with Gasteiger partial charge in [0.2, 0.25) is 0 Å². The number of thioether (sulfide) groups is 1. The minimum Gasteiger partial charge on any atom is -0.394 e. The SMILES string of the molecule is CCCSc1nc(N[C@@H]2C[C@H]2c2ccc(F)c(F)c2)c2nnn(C3C[C@H](OCCO)[C@H]4OC(C)(C)O[C@@H]34)c2n1. The van der Waals surface area contributed by atoms with Crippen LogP contribution in [0.5, 0.6) is 0 Å². The molecule has 2 saturated carbocycles. The summed E-state index contributed by atoms with van der Waals surface area (Å²) in [5.41, 5.74) is 1.85. The van der Waals surface area contributed by atoms with Gasteiger partial charge in [-0.15, -0.1) is 5.10 Å². The molecule has 13 heteroatoms. The van der Waals surface area contributed by atoms with E-state index in [-0.39, 0.29) is 49.5 Å². The van der Waals surface area contributed by atoms with Gasteiger partial charge in [0.15, 0.2) is 39.6 Å². The number of rotatable bonds is 10. The lowest BCUT2D eigenvalue weighted by Gasteiger charge is -2.23. The second-order valence-electron chi connectivity index (χ2n) is 10.7. The Hall–Kier alpha value is -2.45. The van der Waals surface area contributed by atoms with Gasteiger partial charge in [0.1, 0.15) is 12.2 Å². The van der Waals surface area contributed by atoms with Gasteiger partial charge in [-0.2, -0.15) is 0 Å². The molecule has 1 aliphatic heterocycles. The number of hydrogen-bond acceptors (Lipinski definition) is 10. The fourth-order valence-electron chi connectivity index (χ4n) is 5.55. The van der Waals surface area contributed by atoms with Crippen LogP contribution in [-0.2, 0) is 14.2 Å². The summed E-state index contributed by atoms with van der Waals surface area (Å²) in [7, 11) is 0. The normalized spacial score (nSPS) is 29.2. The average Bonchev–Trinajstić information content (AvgIpc) is 3.24. The van der Waals surface area contributed by atoms with E-state index >= 15 is 0 Å². The van der Waals surface area contributed by atoms with Gasteiger partial charge in [0.05, 0.1) is 25.4 Å². The molecule has 6 rings (SSSR count). The van der Waals surface area contributed by atoms with Crippen molar-refractivity contribution in [1.29, 1.82) is 0 Å². The third kappa shape index (κ3) is 5.22. The first-order valence-electron chi connectivity index (χ1n) is 13.3. The van der Waals surface area contributed by atoms with Gasteiger partial charge in [-0.1, -0.05) is 30.0 Å². The van der Waals surface area contributed by atoms with Crippen LogP contribution in [0, 0.1) is 11.6 Å². The monoisotopic (exact) mass is 562 g/mol. The van der Waals surface area contributed by atoms with Crippen LogP contribution in [0.3, 0.4) is 0 Å². The van der Waals surface area contributed by atoms with E-state index in [0.29, 0.717) is 28.6 Å². The fraction of sp³-hybridized carbons (Fsp3) is 0.615. The van der Waals surface area contributed by atoms with E-state index < -0.39 is 17.4 Å². The summed E-state index contributed by atoms with van der Waals surface area (Å²) in [6, 6.07) is 3.80. The molecule has 2 aliphatic carbocycles. The fourth-order valence-corrected chi connectivity index (χ4v) is 6.24. The second-order valence-corrected chi connectivity index (χ2v) is 11.7. The van der Waals surface area contributed by atoms with Crippen molar-refractivity contribution in [1.82, 2.24) is 25.0 Å². The van der Waals surface area contributed by atoms with E-state index in [2.05, 4.69) is 22.6 Å². The van der Waals surface area contributed by atoms with Crippen molar-refractivity contribution >= 4 is 28.7 Å². The molecule has 0 amide bonds. The molecule has 1 unspecified atom stereocenters. The van der Waals surface area contributed by atoms with E-state index in [4.69, 9.17) is 24.2 Å². The van der Waals surface area contributed by atoms with Crippen molar-refractivity contribution < 1.29 is 28.1 Å². The summed E-state index contributed by atoms with van der Waals surface area (Å²) < 4.78 is 47.4. The molecule has 0 bridgehead atoms. The van der Waals surface area contributed by atoms with Crippen LogP contribution in [0.4, 0.5) is 14.6 Å². The molecule has 3 aliphatic rings. The van der Waals surface area contributed by atoms with Crippen LogP contribution in [0.25, 0.3) is 11.2 Å². The van der Waals surface area contributed by atoms with Crippen molar-refractivity contribution in [2.75, 3.05) is 24.3 Å². The molecule has 2 N–H and O–H groups in total. The molecule has 3 fully saturated rings. The minimum absolute atomic E-state index is 0.00150. The molecule has 210 valence electrons. The Bertz CT molecular complexity index is 1360. The van der Waals surface area contributed by atoms with Gasteiger partial charge in [0, 0.05) is 24.1 Å². The number of halogens is 2. The number of anilines is 1. The molecule has 39 heavy (non-hydrogen) atoms. The highest BCUT2D eigenvalue weighted by Crippen LogP contribution is 2.46. The molecule has 0 spiro atoms. The number of nitrogens with one attached hydrogen (secondary N) is 1. The number of ether oxygens (including phenoxy) is 3. The van der Waals surface area contributed by atoms with Crippen LogP contribution >= 0.6 is 11.8 Å². The smallest absolute Gasteiger partial charge is 0.191 e. The Morgan fingerprint density at radius 1 is 1.18 bits per heavy atom. The largest absolute Gasteiger partial charge is 0.394 e. The number of nitrogens with zero attached hydrogens (tertiary/aromatic N) is 5. The standard InChI is InChI=1S/C26H32F2N6O4S/c1-4-9-39-25-30-23(29-17-11-14(17)13-5-6-15(27)16(28)10-13)20-24(31-25)34(33-32-20)18-12-19(36-8-7-35)22-21(18)37-26(2,3)38-22/h5-6,10,14,17-19,21-22,35H,4,7-9,11-12H2,1-3H3,(H,29,30,31)/t14-,17+,18?,19-,21-,22+/m0/s1. The van der Waals surface area contributed by atoms with Crippen molar-refractivity contribution in [2.24, 2.45) is 0 Å². The highest BCUT2D eigenvalue weighted by atomic mass is 32.2. The summed E-state index contributed by atoms with van der Waals surface area (Å²) in [4.78, 5) is 9.57. The van der Waals surface area contributed by atoms with E-state index in [1.54, 1.807) is 22.5 Å². The number of fused-ring (bicyclic) bond motifs is 2. The van der Waals surface area contributed by atoms with Gasteiger partial charge < -0.3 is 24.6 Å². The van der Waals surface area contributed by atoms with E-state index in [1.807, 2.05) is 13.8 Å². The van der Waals surface area contributed by atoms with E-state index in [9.17, 15) is 13.9 Å². The van der Waals surface area contributed by atoms with Gasteiger partial charge in [0.25, 0.3) is 0 Å². The van der Waals surface area contributed by atoms with Crippen LogP contribution in [0.1, 0.15) is 57.6 Å². The first-order valence-corrected chi connectivity index (χ1v) is 14.3. The Labute approximate surface area is 228 Å². The zero-order valence-electron chi connectivity index (χ0n) is 22.0. The molecule has 1 aromatic carbocycles. The Morgan fingerprint density at radius 3 is 2.77 bits per heavy atom. The molecule has 0 radical (unpaired) electrons. The maximum absolute atomic E-state index is 13.8. The summed E-state index contributed by atoms with van der Waals surface area (Å²) in [5.74, 6) is -1.03. The highest BCUT2D eigenvalue weighted by molar-refractivity contribution is 7.99. The topological polar surface area (TPSA) is 116 Å². The maximum Gasteiger partial charge on any atom is 0.191 e. The lowest BCUT2D eigenvalue weighted by Crippen LogP contribution is -2.31. The quantitative estimate of drug-likeness (QED) is 0.279. The molecule has 3 heterocycles. The first-order chi connectivity index (χ1) is 18.8. The number of hydrogen-bond donors (Lipinski definition) is 2. The predicted molar refractivity (Wildman–Crippen MR) is 140 cm³/mol. The van der Waals surface area contributed by atoms with Crippen LogP contribution in [0.2, 0.25) is 0 Å². The molecular weight excluding hydrogens is 530 g/mol. The van der Waals surface area contributed by atoms with E-state index in [1.165, 1.54) is 6.07 Å². The molecule has 3 aromatic rings. The van der Waals surface area contributed by atoms with Crippen LogP contribution in [-0.4, -0.2) is 79.2 Å². The van der Waals surface area contributed by atoms with Crippen LogP contribution < -0.4 is 5.32 Å². The second kappa shape index (κ2) is 10.5. The zero-order chi connectivity index (χ0) is 27.3. The average molecular weight is 563 g/mol. The van der Waals surface area contributed by atoms with Gasteiger partial charge in [-0.05, 0) is 44.4 Å². The molecule has 6 atom stereocenters. The van der Waals surface area contributed by atoms with Crippen molar-refractivity contribution in [2.45, 2.75) is 87.3 Å². The molecule has 10 nitrogen and oxygen atoms in total. The van der Waals surface area contributed by atoms with Crippen molar-refractivity contribution in [3.8, 4) is 0 Å². The lowest BCUT2D eigenvalue weighted by atomic mass is 10.1. The first kappa shape index (κ1) is 26.8. The Morgan fingerprint density at radius 2 is 2.00 bits per heavy atom. The minimum atomic E-state index is -0.853. The maximum atomic E-state index is 13.8. The third-order valence-corrected chi connectivity index (χ3v) is 8.40. The highest BCUT2D eigenvalue weighted by Gasteiger charge is 2.56. The van der Waals surface area contributed by atoms with E-state index in [0.717, 1.165) is 30.2 Å². The molecule has 2 aromatic heterocycles.